The molecule has 0 aliphatic heterocycles. The molecule has 0 amide bonds. The molecule has 0 atom stereocenters. The van der Waals surface area contributed by atoms with E-state index in [1.54, 1.807) is 11.8 Å². The predicted molar refractivity (Wildman–Crippen MR) is 101 cm³/mol. The fraction of sp³-hybridized carbons (Fsp3) is 0.350. The van der Waals surface area contributed by atoms with Crippen molar-refractivity contribution in [3.05, 3.63) is 52.5 Å². The van der Waals surface area contributed by atoms with Gasteiger partial charge in [0.05, 0.1) is 22.3 Å². The van der Waals surface area contributed by atoms with Gasteiger partial charge >= 0.3 is 0 Å². The third-order valence-electron chi connectivity index (χ3n) is 4.80. The Morgan fingerprint density at radius 3 is 2.72 bits per heavy atom. The number of para-hydroxylation sites is 2. The fourth-order valence-corrected chi connectivity index (χ4v) is 4.50. The van der Waals surface area contributed by atoms with E-state index in [4.69, 9.17) is 4.98 Å². The van der Waals surface area contributed by atoms with Gasteiger partial charge in [-0.1, -0.05) is 30.8 Å². The summed E-state index contributed by atoms with van der Waals surface area (Å²) in [5.74, 6) is 1.62. The van der Waals surface area contributed by atoms with E-state index in [0.29, 0.717) is 5.75 Å². The number of hydrogen-bond acceptors (Lipinski definition) is 4. The Bertz CT molecular complexity index is 935. The van der Waals surface area contributed by atoms with Crippen LogP contribution in [0.1, 0.15) is 48.0 Å². The second kappa shape index (κ2) is 6.89. The van der Waals surface area contributed by atoms with Crippen molar-refractivity contribution in [2.45, 2.75) is 49.8 Å². The molecule has 2 heterocycles. The van der Waals surface area contributed by atoms with Crippen molar-refractivity contribution in [3.8, 4) is 6.07 Å². The number of hydrogen-bond donors (Lipinski definition) is 1. The summed E-state index contributed by atoms with van der Waals surface area (Å²) in [4.78, 5) is 12.8. The molecule has 1 N–H and O–H groups in total. The molecule has 1 aliphatic rings. The molecule has 0 saturated carbocycles. The quantitative estimate of drug-likeness (QED) is 0.702. The lowest BCUT2D eigenvalue weighted by atomic mass is 9.87. The SMILES string of the molecule is CCc1nc(SCc2nc3ccccc3[nH]2)c(C#N)c2c1CCCC2. The van der Waals surface area contributed by atoms with Crippen LogP contribution in [0.2, 0.25) is 0 Å². The van der Waals surface area contributed by atoms with Crippen LogP contribution in [-0.2, 0) is 25.0 Å². The Hall–Kier alpha value is -2.32. The van der Waals surface area contributed by atoms with Crippen molar-refractivity contribution < 1.29 is 0 Å². The van der Waals surface area contributed by atoms with Crippen molar-refractivity contribution in [2.24, 2.45) is 0 Å². The minimum atomic E-state index is 0.693. The van der Waals surface area contributed by atoms with Crippen LogP contribution in [0, 0.1) is 11.3 Å². The molecule has 1 aliphatic carbocycles. The fourth-order valence-electron chi connectivity index (χ4n) is 3.60. The van der Waals surface area contributed by atoms with E-state index in [0.717, 1.165) is 46.7 Å². The zero-order chi connectivity index (χ0) is 17.2. The molecule has 2 aromatic heterocycles. The first kappa shape index (κ1) is 16.2. The van der Waals surface area contributed by atoms with Crippen LogP contribution in [0.25, 0.3) is 11.0 Å². The van der Waals surface area contributed by atoms with Gasteiger partial charge in [0.2, 0.25) is 0 Å². The molecule has 5 heteroatoms. The average molecular weight is 348 g/mol. The number of pyridine rings is 1. The van der Waals surface area contributed by atoms with Crippen molar-refractivity contribution >= 4 is 22.8 Å². The lowest BCUT2D eigenvalue weighted by Gasteiger charge is -2.21. The number of nitriles is 1. The second-order valence-electron chi connectivity index (χ2n) is 6.36. The molecule has 0 spiro atoms. The third kappa shape index (κ3) is 3.03. The van der Waals surface area contributed by atoms with Gasteiger partial charge < -0.3 is 4.98 Å². The van der Waals surface area contributed by atoms with E-state index in [9.17, 15) is 5.26 Å². The van der Waals surface area contributed by atoms with Gasteiger partial charge in [0.25, 0.3) is 0 Å². The molecule has 0 saturated heterocycles. The molecular formula is C20H20N4S. The highest BCUT2D eigenvalue weighted by Gasteiger charge is 2.21. The molecular weight excluding hydrogens is 328 g/mol. The Morgan fingerprint density at radius 1 is 1.16 bits per heavy atom. The number of rotatable bonds is 4. The Morgan fingerprint density at radius 2 is 1.96 bits per heavy atom. The molecule has 4 nitrogen and oxygen atoms in total. The number of benzene rings is 1. The van der Waals surface area contributed by atoms with Gasteiger partial charge in [-0.25, -0.2) is 9.97 Å². The Balaban J connectivity index is 1.66. The summed E-state index contributed by atoms with van der Waals surface area (Å²) in [6.07, 6.45) is 5.37. The van der Waals surface area contributed by atoms with Gasteiger partial charge in [0.1, 0.15) is 16.9 Å². The number of thioether (sulfide) groups is 1. The zero-order valence-corrected chi connectivity index (χ0v) is 15.1. The van der Waals surface area contributed by atoms with Crippen LogP contribution in [0.15, 0.2) is 29.3 Å². The molecule has 0 unspecified atom stereocenters. The van der Waals surface area contributed by atoms with Crippen molar-refractivity contribution in [3.63, 3.8) is 0 Å². The number of aryl methyl sites for hydroxylation is 1. The summed E-state index contributed by atoms with van der Waals surface area (Å²) in [6, 6.07) is 10.5. The summed E-state index contributed by atoms with van der Waals surface area (Å²) >= 11 is 1.61. The molecule has 0 radical (unpaired) electrons. The minimum absolute atomic E-state index is 0.693. The maximum atomic E-state index is 9.72. The minimum Gasteiger partial charge on any atom is -0.341 e. The van der Waals surface area contributed by atoms with E-state index >= 15 is 0 Å². The summed E-state index contributed by atoms with van der Waals surface area (Å²) in [7, 11) is 0. The van der Waals surface area contributed by atoms with Crippen LogP contribution < -0.4 is 0 Å². The molecule has 3 aromatic rings. The third-order valence-corrected chi connectivity index (χ3v) is 5.79. The zero-order valence-electron chi connectivity index (χ0n) is 14.3. The number of fused-ring (bicyclic) bond motifs is 2. The van der Waals surface area contributed by atoms with Gasteiger partial charge in [0, 0.05) is 5.69 Å². The monoisotopic (exact) mass is 348 g/mol. The second-order valence-corrected chi connectivity index (χ2v) is 7.32. The van der Waals surface area contributed by atoms with Crippen LogP contribution in [0.3, 0.4) is 0 Å². The number of nitrogens with zero attached hydrogens (tertiary/aromatic N) is 3. The summed E-state index contributed by atoms with van der Waals surface area (Å²) < 4.78 is 0. The van der Waals surface area contributed by atoms with E-state index in [-0.39, 0.29) is 0 Å². The average Bonchev–Trinajstić information content (AvgIpc) is 3.08. The number of H-pyrrole nitrogens is 1. The first-order chi connectivity index (χ1) is 12.3. The van der Waals surface area contributed by atoms with E-state index in [1.165, 1.54) is 29.7 Å². The first-order valence-corrected chi connectivity index (χ1v) is 9.80. The molecule has 0 fully saturated rings. The number of aromatic nitrogens is 3. The summed E-state index contributed by atoms with van der Waals surface area (Å²) in [5, 5.41) is 10.6. The van der Waals surface area contributed by atoms with Crippen LogP contribution in [-0.4, -0.2) is 15.0 Å². The largest absolute Gasteiger partial charge is 0.341 e. The van der Waals surface area contributed by atoms with Gasteiger partial charge in [-0.15, -0.1) is 0 Å². The molecule has 4 rings (SSSR count). The molecule has 0 bridgehead atoms. The maximum Gasteiger partial charge on any atom is 0.117 e. The van der Waals surface area contributed by atoms with E-state index in [2.05, 4.69) is 23.0 Å². The van der Waals surface area contributed by atoms with Gasteiger partial charge in [-0.2, -0.15) is 5.26 Å². The number of aromatic amines is 1. The van der Waals surface area contributed by atoms with Crippen LogP contribution in [0.5, 0.6) is 0 Å². The van der Waals surface area contributed by atoms with Crippen molar-refractivity contribution in [2.75, 3.05) is 0 Å². The topological polar surface area (TPSA) is 65.4 Å². The highest BCUT2D eigenvalue weighted by Crippen LogP contribution is 2.33. The Kier molecular flexibility index (Phi) is 4.46. The van der Waals surface area contributed by atoms with Crippen molar-refractivity contribution in [1.29, 1.82) is 5.26 Å². The summed E-state index contributed by atoms with van der Waals surface area (Å²) in [6.45, 7) is 2.15. The van der Waals surface area contributed by atoms with E-state index in [1.807, 2.05) is 24.3 Å². The van der Waals surface area contributed by atoms with Crippen LogP contribution >= 0.6 is 11.8 Å². The van der Waals surface area contributed by atoms with Crippen LogP contribution in [0.4, 0.5) is 0 Å². The smallest absolute Gasteiger partial charge is 0.117 e. The molecule has 25 heavy (non-hydrogen) atoms. The normalized spacial score (nSPS) is 13.6. The number of imidazole rings is 1. The van der Waals surface area contributed by atoms with E-state index < -0.39 is 0 Å². The number of nitrogens with one attached hydrogen (secondary N) is 1. The lowest BCUT2D eigenvalue weighted by Crippen LogP contribution is -2.12. The lowest BCUT2D eigenvalue weighted by molar-refractivity contribution is 0.664. The molecule has 126 valence electrons. The first-order valence-electron chi connectivity index (χ1n) is 8.81. The van der Waals surface area contributed by atoms with Crippen molar-refractivity contribution in [1.82, 2.24) is 15.0 Å². The van der Waals surface area contributed by atoms with Gasteiger partial charge in [-0.3, -0.25) is 0 Å². The predicted octanol–water partition coefficient (Wildman–Crippen LogP) is 4.56. The maximum absolute atomic E-state index is 9.72. The standard InChI is InChI=1S/C20H20N4S/c1-2-16-14-8-4-3-7-13(14)15(11-21)20(24-16)25-12-19-22-17-9-5-6-10-18(17)23-19/h5-6,9-10H,2-4,7-8,12H2,1H3,(H,22,23). The Labute approximate surface area is 151 Å². The summed E-state index contributed by atoms with van der Waals surface area (Å²) in [5.41, 5.74) is 6.55. The van der Waals surface area contributed by atoms with Gasteiger partial charge in [0.15, 0.2) is 0 Å². The molecule has 1 aromatic carbocycles. The van der Waals surface area contributed by atoms with Gasteiger partial charge in [-0.05, 0) is 55.4 Å². The highest BCUT2D eigenvalue weighted by molar-refractivity contribution is 7.98. The highest BCUT2D eigenvalue weighted by atomic mass is 32.2.